The number of aryl methyl sites for hydroxylation is 2. The monoisotopic (exact) mass is 411 g/mol. The second-order valence-corrected chi connectivity index (χ2v) is 10.8. The molecule has 4 rings (SSSR count). The van der Waals surface area contributed by atoms with E-state index >= 15 is 0 Å². The van der Waals surface area contributed by atoms with Crippen LogP contribution in [0, 0.1) is 23.7 Å². The molecule has 164 valence electrons. The zero-order chi connectivity index (χ0) is 21.5. The Balaban J connectivity index is 1.25. The molecule has 3 heterocycles. The molecule has 0 amide bonds. The Morgan fingerprint density at radius 3 is 2.40 bits per heavy atom. The molecule has 0 aromatic carbocycles. The van der Waals surface area contributed by atoms with Gasteiger partial charge in [-0.05, 0) is 68.5 Å². The third-order valence-electron chi connectivity index (χ3n) is 7.47. The minimum absolute atomic E-state index is 0.283. The van der Waals surface area contributed by atoms with E-state index in [2.05, 4.69) is 47.9 Å². The van der Waals surface area contributed by atoms with Crippen molar-refractivity contribution in [2.24, 2.45) is 23.8 Å². The Kier molecular flexibility index (Phi) is 5.64. The SMILES string of the molecule is Cc1nn(C)cc1-c1ccc(OC2CC3(CCN(CC(C)C(C)(C)C)CC3)C2)nn1. The van der Waals surface area contributed by atoms with Crippen LogP contribution in [0.1, 0.15) is 59.1 Å². The molecule has 2 aromatic heterocycles. The lowest BCUT2D eigenvalue weighted by molar-refractivity contribution is -0.0602. The first-order chi connectivity index (χ1) is 14.1. The van der Waals surface area contributed by atoms with Crippen molar-refractivity contribution in [3.05, 3.63) is 24.0 Å². The van der Waals surface area contributed by atoms with Gasteiger partial charge < -0.3 is 9.64 Å². The van der Waals surface area contributed by atoms with Crippen LogP contribution in [-0.4, -0.2) is 50.6 Å². The van der Waals surface area contributed by atoms with Crippen molar-refractivity contribution < 1.29 is 4.74 Å². The summed E-state index contributed by atoms with van der Waals surface area (Å²) in [6, 6.07) is 3.92. The number of likely N-dealkylation sites (tertiary alicyclic amines) is 1. The Morgan fingerprint density at radius 2 is 1.87 bits per heavy atom. The molecule has 0 bridgehead atoms. The molecule has 30 heavy (non-hydrogen) atoms. The van der Waals surface area contributed by atoms with E-state index in [4.69, 9.17) is 4.74 Å². The molecule has 1 saturated carbocycles. The predicted molar refractivity (Wildman–Crippen MR) is 119 cm³/mol. The third-order valence-corrected chi connectivity index (χ3v) is 7.47. The van der Waals surface area contributed by atoms with Crippen molar-refractivity contribution in [1.29, 1.82) is 0 Å². The fourth-order valence-electron chi connectivity index (χ4n) is 4.82. The van der Waals surface area contributed by atoms with Crippen LogP contribution in [0.4, 0.5) is 0 Å². The maximum atomic E-state index is 6.13. The molecule has 1 aliphatic heterocycles. The topological polar surface area (TPSA) is 56.1 Å². The van der Waals surface area contributed by atoms with Gasteiger partial charge in [-0.2, -0.15) is 5.10 Å². The van der Waals surface area contributed by atoms with Crippen molar-refractivity contribution in [3.63, 3.8) is 0 Å². The lowest BCUT2D eigenvalue weighted by atomic mass is 9.61. The minimum Gasteiger partial charge on any atom is -0.473 e. The van der Waals surface area contributed by atoms with E-state index in [0.717, 1.165) is 35.7 Å². The summed E-state index contributed by atoms with van der Waals surface area (Å²) in [5.74, 6) is 1.36. The highest BCUT2D eigenvalue weighted by atomic mass is 16.5. The van der Waals surface area contributed by atoms with Crippen LogP contribution in [0.5, 0.6) is 5.88 Å². The average molecular weight is 412 g/mol. The molecular weight excluding hydrogens is 374 g/mol. The summed E-state index contributed by atoms with van der Waals surface area (Å²) in [6.07, 6.45) is 7.17. The molecule has 6 nitrogen and oxygen atoms in total. The first-order valence-corrected chi connectivity index (χ1v) is 11.4. The van der Waals surface area contributed by atoms with Gasteiger partial charge in [0.25, 0.3) is 0 Å². The Morgan fingerprint density at radius 1 is 1.17 bits per heavy atom. The molecule has 6 heteroatoms. The Labute approximate surface area is 181 Å². The van der Waals surface area contributed by atoms with Crippen molar-refractivity contribution in [3.8, 4) is 17.1 Å². The van der Waals surface area contributed by atoms with Gasteiger partial charge in [-0.1, -0.05) is 27.7 Å². The van der Waals surface area contributed by atoms with Crippen LogP contribution in [-0.2, 0) is 7.05 Å². The van der Waals surface area contributed by atoms with Gasteiger partial charge in [-0.25, -0.2) is 0 Å². The number of piperidine rings is 1. The fourth-order valence-corrected chi connectivity index (χ4v) is 4.82. The first kappa shape index (κ1) is 21.3. The molecule has 2 fully saturated rings. The lowest BCUT2D eigenvalue weighted by Gasteiger charge is -2.52. The lowest BCUT2D eigenvalue weighted by Crippen LogP contribution is -2.51. The number of hydrogen-bond donors (Lipinski definition) is 0. The van der Waals surface area contributed by atoms with Crippen molar-refractivity contribution in [1.82, 2.24) is 24.9 Å². The highest BCUT2D eigenvalue weighted by Crippen LogP contribution is 2.50. The number of aromatic nitrogens is 4. The second kappa shape index (κ2) is 7.95. The summed E-state index contributed by atoms with van der Waals surface area (Å²) in [5, 5.41) is 13.0. The number of rotatable bonds is 5. The molecule has 0 radical (unpaired) electrons. The van der Waals surface area contributed by atoms with Crippen LogP contribution < -0.4 is 4.74 Å². The van der Waals surface area contributed by atoms with Gasteiger partial charge in [-0.15, -0.1) is 10.2 Å². The third kappa shape index (κ3) is 4.53. The summed E-state index contributed by atoms with van der Waals surface area (Å²) in [7, 11) is 1.92. The highest BCUT2D eigenvalue weighted by Gasteiger charge is 2.47. The van der Waals surface area contributed by atoms with E-state index in [1.54, 1.807) is 4.68 Å². The molecule has 2 aliphatic rings. The molecule has 1 saturated heterocycles. The van der Waals surface area contributed by atoms with Crippen LogP contribution in [0.15, 0.2) is 18.3 Å². The summed E-state index contributed by atoms with van der Waals surface area (Å²) in [5.41, 5.74) is 3.70. The van der Waals surface area contributed by atoms with Gasteiger partial charge in [0.15, 0.2) is 0 Å². The summed E-state index contributed by atoms with van der Waals surface area (Å²) >= 11 is 0. The standard InChI is InChI=1S/C24H37N5O/c1-17(23(3,4)5)15-29-11-9-24(10-12-29)13-19(14-24)30-22-8-7-21(25-26-22)20-16-28(6)27-18(20)2/h7-8,16-17,19H,9-15H2,1-6H3. The van der Waals surface area contributed by atoms with Gasteiger partial charge in [0.1, 0.15) is 6.10 Å². The highest BCUT2D eigenvalue weighted by molar-refractivity contribution is 5.60. The number of nitrogens with zero attached hydrogens (tertiary/aromatic N) is 5. The maximum absolute atomic E-state index is 6.13. The zero-order valence-corrected chi connectivity index (χ0v) is 19.5. The molecule has 1 spiro atoms. The largest absolute Gasteiger partial charge is 0.473 e. The number of hydrogen-bond acceptors (Lipinski definition) is 5. The fraction of sp³-hybridized carbons (Fsp3) is 0.708. The summed E-state index contributed by atoms with van der Waals surface area (Å²) in [4.78, 5) is 2.67. The molecule has 1 unspecified atom stereocenters. The van der Waals surface area contributed by atoms with Crippen LogP contribution in [0.2, 0.25) is 0 Å². The number of ether oxygens (including phenoxy) is 1. The molecule has 1 atom stereocenters. The van der Waals surface area contributed by atoms with E-state index in [0.29, 0.717) is 16.7 Å². The first-order valence-electron chi connectivity index (χ1n) is 11.4. The van der Waals surface area contributed by atoms with E-state index in [9.17, 15) is 0 Å². The van der Waals surface area contributed by atoms with E-state index in [1.165, 1.54) is 32.5 Å². The Bertz CT molecular complexity index is 851. The predicted octanol–water partition coefficient (Wildman–Crippen LogP) is 4.49. The molecular formula is C24H37N5O. The quantitative estimate of drug-likeness (QED) is 0.725. The van der Waals surface area contributed by atoms with Crippen LogP contribution in [0.25, 0.3) is 11.3 Å². The van der Waals surface area contributed by atoms with Gasteiger partial charge in [-0.3, -0.25) is 4.68 Å². The zero-order valence-electron chi connectivity index (χ0n) is 19.5. The minimum atomic E-state index is 0.283. The summed E-state index contributed by atoms with van der Waals surface area (Å²) in [6.45, 7) is 15.1. The van der Waals surface area contributed by atoms with Gasteiger partial charge in [0.05, 0.1) is 11.4 Å². The van der Waals surface area contributed by atoms with Gasteiger partial charge >= 0.3 is 0 Å². The Hall–Kier alpha value is -1.95. The molecule has 0 N–H and O–H groups in total. The van der Waals surface area contributed by atoms with E-state index in [1.807, 2.05) is 32.3 Å². The van der Waals surface area contributed by atoms with Crippen molar-refractivity contribution in [2.45, 2.75) is 66.4 Å². The maximum Gasteiger partial charge on any atom is 0.233 e. The van der Waals surface area contributed by atoms with Crippen molar-refractivity contribution >= 4 is 0 Å². The van der Waals surface area contributed by atoms with Gasteiger partial charge in [0.2, 0.25) is 5.88 Å². The van der Waals surface area contributed by atoms with E-state index in [-0.39, 0.29) is 6.10 Å². The average Bonchev–Trinajstić information content (AvgIpc) is 3.00. The van der Waals surface area contributed by atoms with Crippen LogP contribution in [0.3, 0.4) is 0 Å². The van der Waals surface area contributed by atoms with E-state index < -0.39 is 0 Å². The second-order valence-electron chi connectivity index (χ2n) is 10.8. The van der Waals surface area contributed by atoms with Gasteiger partial charge in [0, 0.05) is 31.4 Å². The normalized spacial score (nSPS) is 20.9. The van der Waals surface area contributed by atoms with Crippen LogP contribution >= 0.6 is 0 Å². The summed E-state index contributed by atoms with van der Waals surface area (Å²) < 4.78 is 7.94. The molecule has 2 aromatic rings. The smallest absolute Gasteiger partial charge is 0.233 e. The van der Waals surface area contributed by atoms with Crippen molar-refractivity contribution in [2.75, 3.05) is 19.6 Å². The molecule has 1 aliphatic carbocycles.